The molecule has 5 nitrogen and oxygen atoms in total. The van der Waals surface area contributed by atoms with Crippen LogP contribution in [0.2, 0.25) is 0 Å². The number of hydrogen-bond donors (Lipinski definition) is 1. The van der Waals surface area contributed by atoms with Gasteiger partial charge in [0.25, 0.3) is 5.91 Å². The summed E-state index contributed by atoms with van der Waals surface area (Å²) in [6, 6.07) is 6.50. The van der Waals surface area contributed by atoms with Gasteiger partial charge in [0.15, 0.2) is 6.61 Å². The van der Waals surface area contributed by atoms with Crippen LogP contribution in [0.3, 0.4) is 0 Å². The molecule has 0 bridgehead atoms. The predicted octanol–water partition coefficient (Wildman–Crippen LogP) is 2.53. The number of esters is 1. The van der Waals surface area contributed by atoms with Gasteiger partial charge in [-0.25, -0.2) is 4.79 Å². The number of carbonyl (C=O) groups excluding carboxylic acids is 2. The summed E-state index contributed by atoms with van der Waals surface area (Å²) in [5, 5.41) is 2.65. The highest BCUT2D eigenvalue weighted by molar-refractivity contribution is 9.10. The molecule has 6 heteroatoms. The molecule has 0 saturated carbocycles. The van der Waals surface area contributed by atoms with Crippen molar-refractivity contribution in [1.82, 2.24) is 5.32 Å². The van der Waals surface area contributed by atoms with E-state index >= 15 is 0 Å². The number of rotatable bonds is 7. The molecule has 0 radical (unpaired) electrons. The maximum Gasteiger partial charge on any atom is 0.328 e. The summed E-state index contributed by atoms with van der Waals surface area (Å²) in [6.07, 6.45) is 0.758. The van der Waals surface area contributed by atoms with Crippen molar-refractivity contribution in [1.29, 1.82) is 0 Å². The second kappa shape index (κ2) is 8.67. The van der Waals surface area contributed by atoms with Gasteiger partial charge in [0.1, 0.15) is 11.8 Å². The Hall–Kier alpha value is -1.56. The smallest absolute Gasteiger partial charge is 0.328 e. The molecule has 1 aromatic rings. The molecule has 21 heavy (non-hydrogen) atoms. The molecule has 1 N–H and O–H groups in total. The highest BCUT2D eigenvalue weighted by atomic mass is 79.9. The van der Waals surface area contributed by atoms with Crippen LogP contribution in [0.15, 0.2) is 28.7 Å². The lowest BCUT2D eigenvalue weighted by Crippen LogP contribution is -2.47. The molecule has 0 aliphatic rings. The number of amides is 1. The van der Waals surface area contributed by atoms with Gasteiger partial charge in [0, 0.05) is 4.47 Å². The standard InChI is InChI=1S/C15H20BrNO4/c1-4-10(2)14(15(19)20-3)17-13(18)9-21-12-7-5-11(16)6-8-12/h5-8,10,14H,4,9H2,1-3H3,(H,17,18). The molecule has 0 saturated heterocycles. The molecule has 2 atom stereocenters. The highest BCUT2D eigenvalue weighted by Crippen LogP contribution is 2.16. The topological polar surface area (TPSA) is 64.6 Å². The van der Waals surface area contributed by atoms with E-state index in [0.717, 1.165) is 10.9 Å². The highest BCUT2D eigenvalue weighted by Gasteiger charge is 2.26. The van der Waals surface area contributed by atoms with Gasteiger partial charge >= 0.3 is 5.97 Å². The summed E-state index contributed by atoms with van der Waals surface area (Å²) in [7, 11) is 1.31. The Morgan fingerprint density at radius 2 is 1.90 bits per heavy atom. The monoisotopic (exact) mass is 357 g/mol. The van der Waals surface area contributed by atoms with Crippen molar-refractivity contribution in [2.45, 2.75) is 26.3 Å². The molecular weight excluding hydrogens is 338 g/mol. The summed E-state index contributed by atoms with van der Waals surface area (Å²) < 4.78 is 11.0. The van der Waals surface area contributed by atoms with Crippen molar-refractivity contribution in [2.75, 3.05) is 13.7 Å². The van der Waals surface area contributed by atoms with Crippen molar-refractivity contribution >= 4 is 27.8 Å². The first-order chi connectivity index (χ1) is 9.97. The average Bonchev–Trinajstić information content (AvgIpc) is 2.50. The van der Waals surface area contributed by atoms with Gasteiger partial charge in [0.2, 0.25) is 0 Å². The lowest BCUT2D eigenvalue weighted by Gasteiger charge is -2.21. The Morgan fingerprint density at radius 3 is 2.43 bits per heavy atom. The van der Waals surface area contributed by atoms with Gasteiger partial charge in [0.05, 0.1) is 7.11 Å². The largest absolute Gasteiger partial charge is 0.484 e. The number of carbonyl (C=O) groups is 2. The van der Waals surface area contributed by atoms with E-state index in [-0.39, 0.29) is 18.4 Å². The minimum Gasteiger partial charge on any atom is -0.484 e. The molecule has 1 aromatic carbocycles. The molecule has 0 fully saturated rings. The van der Waals surface area contributed by atoms with Crippen LogP contribution in [0.4, 0.5) is 0 Å². The van der Waals surface area contributed by atoms with E-state index in [2.05, 4.69) is 21.2 Å². The molecule has 1 rings (SSSR count). The van der Waals surface area contributed by atoms with Crippen LogP contribution in [0.25, 0.3) is 0 Å². The van der Waals surface area contributed by atoms with Crippen molar-refractivity contribution in [3.63, 3.8) is 0 Å². The first-order valence-corrected chi connectivity index (χ1v) is 7.52. The second-order valence-electron chi connectivity index (χ2n) is 4.70. The van der Waals surface area contributed by atoms with E-state index in [1.807, 2.05) is 26.0 Å². The van der Waals surface area contributed by atoms with Gasteiger partial charge in [-0.05, 0) is 30.2 Å². The van der Waals surface area contributed by atoms with E-state index < -0.39 is 12.0 Å². The number of halogens is 1. The zero-order chi connectivity index (χ0) is 15.8. The Balaban J connectivity index is 2.53. The summed E-state index contributed by atoms with van der Waals surface area (Å²) in [5.74, 6) is -0.212. The minimum atomic E-state index is -0.652. The zero-order valence-electron chi connectivity index (χ0n) is 12.4. The van der Waals surface area contributed by atoms with Gasteiger partial charge in [-0.2, -0.15) is 0 Å². The Morgan fingerprint density at radius 1 is 1.29 bits per heavy atom. The third-order valence-corrected chi connectivity index (χ3v) is 3.70. The van der Waals surface area contributed by atoms with Crippen molar-refractivity contribution in [3.8, 4) is 5.75 Å². The summed E-state index contributed by atoms with van der Waals surface area (Å²) >= 11 is 3.32. The van der Waals surface area contributed by atoms with E-state index in [9.17, 15) is 9.59 Å². The maximum atomic E-state index is 11.9. The lowest BCUT2D eigenvalue weighted by molar-refractivity contribution is -0.146. The number of methoxy groups -OCH3 is 1. The molecular formula is C15H20BrNO4. The summed E-state index contributed by atoms with van der Waals surface area (Å²) in [4.78, 5) is 23.6. The molecule has 0 spiro atoms. The number of ether oxygens (including phenoxy) is 2. The second-order valence-corrected chi connectivity index (χ2v) is 5.61. The average molecular weight is 358 g/mol. The first kappa shape index (κ1) is 17.5. The normalized spacial score (nSPS) is 13.1. The lowest BCUT2D eigenvalue weighted by atomic mass is 9.99. The minimum absolute atomic E-state index is 0.00548. The predicted molar refractivity (Wildman–Crippen MR) is 83.0 cm³/mol. The van der Waals surface area contributed by atoms with Crippen molar-refractivity contribution < 1.29 is 19.1 Å². The van der Waals surface area contributed by atoms with E-state index in [0.29, 0.717) is 5.75 Å². The number of benzene rings is 1. The Kier molecular flexibility index (Phi) is 7.22. The first-order valence-electron chi connectivity index (χ1n) is 6.73. The van der Waals surface area contributed by atoms with E-state index in [1.54, 1.807) is 12.1 Å². The van der Waals surface area contributed by atoms with Gasteiger partial charge in [-0.1, -0.05) is 36.2 Å². The third kappa shape index (κ3) is 5.75. The number of nitrogens with one attached hydrogen (secondary N) is 1. The molecule has 0 aliphatic heterocycles. The fourth-order valence-corrected chi connectivity index (χ4v) is 1.96. The molecule has 0 aromatic heterocycles. The molecule has 0 heterocycles. The van der Waals surface area contributed by atoms with Crippen LogP contribution in [0, 0.1) is 5.92 Å². The summed E-state index contributed by atoms with van der Waals surface area (Å²) in [5.41, 5.74) is 0. The SMILES string of the molecule is CCC(C)C(NC(=O)COc1ccc(Br)cc1)C(=O)OC. The fraction of sp³-hybridized carbons (Fsp3) is 0.467. The van der Waals surface area contributed by atoms with E-state index in [1.165, 1.54) is 7.11 Å². The van der Waals surface area contributed by atoms with Crippen molar-refractivity contribution in [3.05, 3.63) is 28.7 Å². The fourth-order valence-electron chi connectivity index (χ4n) is 1.69. The van der Waals surface area contributed by atoms with E-state index in [4.69, 9.17) is 9.47 Å². The summed E-state index contributed by atoms with van der Waals surface area (Å²) in [6.45, 7) is 3.69. The third-order valence-electron chi connectivity index (χ3n) is 3.17. The molecule has 116 valence electrons. The van der Waals surface area contributed by atoms with Gasteiger partial charge in [-0.15, -0.1) is 0 Å². The van der Waals surface area contributed by atoms with Crippen LogP contribution >= 0.6 is 15.9 Å². The zero-order valence-corrected chi connectivity index (χ0v) is 14.0. The van der Waals surface area contributed by atoms with Crippen LogP contribution in [-0.2, 0) is 14.3 Å². The Labute approximate surface area is 133 Å². The van der Waals surface area contributed by atoms with Gasteiger partial charge in [-0.3, -0.25) is 4.79 Å². The number of hydrogen-bond acceptors (Lipinski definition) is 4. The van der Waals surface area contributed by atoms with Crippen LogP contribution in [0.1, 0.15) is 20.3 Å². The van der Waals surface area contributed by atoms with Crippen LogP contribution < -0.4 is 10.1 Å². The molecule has 2 unspecified atom stereocenters. The molecule has 1 amide bonds. The van der Waals surface area contributed by atoms with Gasteiger partial charge < -0.3 is 14.8 Å². The van der Waals surface area contributed by atoms with Crippen molar-refractivity contribution in [2.24, 2.45) is 5.92 Å². The quantitative estimate of drug-likeness (QED) is 0.761. The van der Waals surface area contributed by atoms with Crippen LogP contribution in [0.5, 0.6) is 5.75 Å². The Bertz CT molecular complexity index is 475. The maximum absolute atomic E-state index is 11.9. The molecule has 0 aliphatic carbocycles. The van der Waals surface area contributed by atoms with Crippen LogP contribution in [-0.4, -0.2) is 31.6 Å².